The zero-order valence-corrected chi connectivity index (χ0v) is 15.8. The van der Waals surface area contributed by atoms with Crippen molar-refractivity contribution in [2.75, 3.05) is 49.5 Å². The Morgan fingerprint density at radius 2 is 1.92 bits per heavy atom. The van der Waals surface area contributed by atoms with Crippen LogP contribution in [0.3, 0.4) is 0 Å². The van der Waals surface area contributed by atoms with Gasteiger partial charge in [0.2, 0.25) is 0 Å². The molecule has 1 N–H and O–H groups in total. The number of carbonyl (C=O) groups is 1. The molecular formula is C19H29N3O4. The van der Waals surface area contributed by atoms with Crippen molar-refractivity contribution in [3.63, 3.8) is 0 Å². The smallest absolute Gasteiger partial charge is 0.310 e. The van der Waals surface area contributed by atoms with Crippen molar-refractivity contribution in [1.82, 2.24) is 4.90 Å². The van der Waals surface area contributed by atoms with Gasteiger partial charge in [0.25, 0.3) is 10.9 Å². The molecule has 0 amide bonds. The summed E-state index contributed by atoms with van der Waals surface area (Å²) in [6, 6.07) is 0.408. The van der Waals surface area contributed by atoms with Crippen molar-refractivity contribution < 1.29 is 9.53 Å². The lowest BCUT2D eigenvalue weighted by Gasteiger charge is -2.35. The molecule has 7 heteroatoms. The minimum Gasteiger partial charge on any atom is -0.466 e. The van der Waals surface area contributed by atoms with Crippen LogP contribution in [0.15, 0.2) is 9.59 Å². The van der Waals surface area contributed by atoms with Crippen LogP contribution in [0.25, 0.3) is 0 Å². The molecule has 3 rings (SSSR count). The largest absolute Gasteiger partial charge is 0.466 e. The zero-order valence-electron chi connectivity index (χ0n) is 15.8. The average molecular weight is 363 g/mol. The van der Waals surface area contributed by atoms with Crippen molar-refractivity contribution >= 4 is 17.3 Å². The quantitative estimate of drug-likeness (QED) is 0.571. The Kier molecular flexibility index (Phi) is 5.96. The van der Waals surface area contributed by atoms with E-state index in [0.29, 0.717) is 43.7 Å². The Hall–Kier alpha value is -1.89. The molecule has 0 bridgehead atoms. The van der Waals surface area contributed by atoms with Gasteiger partial charge >= 0.3 is 5.97 Å². The molecule has 144 valence electrons. The molecule has 2 atom stereocenters. The number of hydrogen-bond acceptors (Lipinski definition) is 7. The fourth-order valence-corrected chi connectivity index (χ4v) is 4.24. The number of carbonyl (C=O) groups excluding carboxylic acids is 1. The lowest BCUT2D eigenvalue weighted by molar-refractivity contribution is -0.148. The van der Waals surface area contributed by atoms with Crippen LogP contribution in [0.2, 0.25) is 0 Å². The lowest BCUT2D eigenvalue weighted by Crippen LogP contribution is -2.48. The molecule has 0 unspecified atom stereocenters. The highest BCUT2D eigenvalue weighted by atomic mass is 16.5. The van der Waals surface area contributed by atoms with Crippen molar-refractivity contribution in [1.29, 1.82) is 0 Å². The molecule has 0 aliphatic carbocycles. The van der Waals surface area contributed by atoms with Crippen LogP contribution in [0.5, 0.6) is 0 Å². The van der Waals surface area contributed by atoms with Gasteiger partial charge in [0.1, 0.15) is 11.4 Å². The van der Waals surface area contributed by atoms with Crippen LogP contribution in [0.1, 0.15) is 39.5 Å². The predicted octanol–water partition coefficient (Wildman–Crippen LogP) is 0.958. The molecule has 7 nitrogen and oxygen atoms in total. The summed E-state index contributed by atoms with van der Waals surface area (Å²) in [6.45, 7) is 8.21. The van der Waals surface area contributed by atoms with Crippen molar-refractivity contribution in [3.8, 4) is 0 Å². The number of nitrogens with one attached hydrogen (secondary N) is 1. The van der Waals surface area contributed by atoms with Gasteiger partial charge < -0.3 is 15.0 Å². The summed E-state index contributed by atoms with van der Waals surface area (Å²) >= 11 is 0. The molecule has 1 aromatic carbocycles. The summed E-state index contributed by atoms with van der Waals surface area (Å²) in [4.78, 5) is 40.6. The Morgan fingerprint density at radius 3 is 2.65 bits per heavy atom. The molecule has 2 fully saturated rings. The van der Waals surface area contributed by atoms with E-state index in [9.17, 15) is 14.4 Å². The standard InChI is InChI=1S/C19H29N3O4/c1-3-21-9-6-8-14(21)11-20-15-16(18(24)17(15)23)22-10-5-7-13(12-22)19(25)26-4-2/h13-14,20H,3-12H2,1-2H3/t13-,14+/m0/s1. The first-order chi connectivity index (χ1) is 12.6. The number of piperidine rings is 1. The minimum absolute atomic E-state index is 0.213. The molecule has 26 heavy (non-hydrogen) atoms. The second-order valence-electron chi connectivity index (χ2n) is 7.22. The van der Waals surface area contributed by atoms with E-state index in [0.717, 1.165) is 32.4 Å². The summed E-state index contributed by atoms with van der Waals surface area (Å²) in [6.07, 6.45) is 3.86. The normalized spacial score (nSPS) is 24.2. The molecule has 1 aromatic rings. The third-order valence-electron chi connectivity index (χ3n) is 5.66. The first kappa shape index (κ1) is 18.9. The van der Waals surface area contributed by atoms with Crippen LogP contribution in [-0.4, -0.2) is 56.2 Å². The van der Waals surface area contributed by atoms with Gasteiger partial charge in [-0.25, -0.2) is 0 Å². The van der Waals surface area contributed by atoms with Gasteiger partial charge in [-0.3, -0.25) is 19.3 Å². The SMILES string of the molecule is CCOC(=O)[C@H]1CCCN(c2c(NC[C@H]3CCCN3CC)c(=O)c2=O)C1. The number of esters is 1. The minimum atomic E-state index is -0.434. The first-order valence-corrected chi connectivity index (χ1v) is 9.79. The monoisotopic (exact) mass is 363 g/mol. The van der Waals surface area contributed by atoms with Gasteiger partial charge in [0.15, 0.2) is 0 Å². The maximum Gasteiger partial charge on any atom is 0.310 e. The number of rotatable bonds is 7. The van der Waals surface area contributed by atoms with Gasteiger partial charge in [-0.15, -0.1) is 0 Å². The van der Waals surface area contributed by atoms with Crippen LogP contribution in [0.4, 0.5) is 11.4 Å². The van der Waals surface area contributed by atoms with Crippen LogP contribution >= 0.6 is 0 Å². The van der Waals surface area contributed by atoms with Crippen LogP contribution < -0.4 is 21.1 Å². The highest BCUT2D eigenvalue weighted by Crippen LogP contribution is 2.27. The van der Waals surface area contributed by atoms with E-state index in [-0.39, 0.29) is 11.9 Å². The predicted molar refractivity (Wildman–Crippen MR) is 102 cm³/mol. The molecule has 2 aliphatic heterocycles. The number of likely N-dealkylation sites (tertiary alicyclic amines) is 1. The van der Waals surface area contributed by atoms with Crippen molar-refractivity contribution in [2.45, 2.75) is 45.6 Å². The average Bonchev–Trinajstić information content (AvgIpc) is 3.12. The maximum absolute atomic E-state index is 12.2. The molecule has 2 aliphatic rings. The van der Waals surface area contributed by atoms with E-state index < -0.39 is 10.9 Å². The molecule has 0 radical (unpaired) electrons. The molecule has 0 aromatic heterocycles. The first-order valence-electron chi connectivity index (χ1n) is 9.79. The number of anilines is 2. The third kappa shape index (κ3) is 3.63. The number of hydrogen-bond donors (Lipinski definition) is 1. The van der Waals surface area contributed by atoms with E-state index in [1.807, 2.05) is 4.90 Å². The zero-order chi connectivity index (χ0) is 18.7. The maximum atomic E-state index is 12.2. The highest BCUT2D eigenvalue weighted by molar-refractivity contribution is 5.78. The highest BCUT2D eigenvalue weighted by Gasteiger charge is 2.33. The molecule has 2 heterocycles. The second kappa shape index (κ2) is 8.20. The van der Waals surface area contributed by atoms with Gasteiger partial charge in [-0.1, -0.05) is 6.92 Å². The van der Waals surface area contributed by atoms with E-state index in [2.05, 4.69) is 17.1 Å². The van der Waals surface area contributed by atoms with Gasteiger partial charge in [0.05, 0.1) is 12.5 Å². The van der Waals surface area contributed by atoms with Crippen molar-refractivity contribution in [3.05, 3.63) is 20.4 Å². The van der Waals surface area contributed by atoms with Crippen LogP contribution in [0, 0.1) is 5.92 Å². The summed E-state index contributed by atoms with van der Waals surface area (Å²) in [5, 5.41) is 3.23. The fraction of sp³-hybridized carbons (Fsp3) is 0.737. The summed E-state index contributed by atoms with van der Waals surface area (Å²) < 4.78 is 5.12. The number of ether oxygens (including phenoxy) is 1. The summed E-state index contributed by atoms with van der Waals surface area (Å²) in [7, 11) is 0. The lowest BCUT2D eigenvalue weighted by atomic mass is 9.96. The van der Waals surface area contributed by atoms with Crippen molar-refractivity contribution in [2.24, 2.45) is 5.92 Å². The Balaban J connectivity index is 1.67. The van der Waals surface area contributed by atoms with E-state index in [1.165, 1.54) is 6.42 Å². The Morgan fingerprint density at radius 1 is 1.15 bits per heavy atom. The fourth-order valence-electron chi connectivity index (χ4n) is 4.24. The molecular weight excluding hydrogens is 334 g/mol. The summed E-state index contributed by atoms with van der Waals surface area (Å²) in [5.41, 5.74) is 0.0302. The third-order valence-corrected chi connectivity index (χ3v) is 5.66. The summed E-state index contributed by atoms with van der Waals surface area (Å²) in [5.74, 6) is -0.443. The second-order valence-corrected chi connectivity index (χ2v) is 7.22. The van der Waals surface area contributed by atoms with E-state index >= 15 is 0 Å². The van der Waals surface area contributed by atoms with Gasteiger partial charge in [0, 0.05) is 25.7 Å². The number of likely N-dealkylation sites (N-methyl/N-ethyl adjacent to an activating group) is 1. The Labute approximate surface area is 154 Å². The number of nitrogens with zero attached hydrogens (tertiary/aromatic N) is 2. The van der Waals surface area contributed by atoms with Gasteiger partial charge in [-0.2, -0.15) is 0 Å². The van der Waals surface area contributed by atoms with Crippen LogP contribution in [-0.2, 0) is 9.53 Å². The molecule has 2 saturated heterocycles. The van der Waals surface area contributed by atoms with E-state index in [1.54, 1.807) is 6.92 Å². The van der Waals surface area contributed by atoms with E-state index in [4.69, 9.17) is 4.74 Å². The molecule has 0 spiro atoms. The molecule has 0 saturated carbocycles. The van der Waals surface area contributed by atoms with Gasteiger partial charge in [-0.05, 0) is 45.7 Å². The topological polar surface area (TPSA) is 79.0 Å². The Bertz CT molecular complexity index is 710.